The number of hydrogen-bond acceptors (Lipinski definition) is 6. The molecule has 2 heterocycles. The van der Waals surface area contributed by atoms with Crippen LogP contribution in [-0.2, 0) is 4.74 Å². The molecule has 0 aliphatic rings. The summed E-state index contributed by atoms with van der Waals surface area (Å²) in [5, 5.41) is 0.760. The molecule has 0 spiro atoms. The first-order valence-corrected chi connectivity index (χ1v) is 10.7. The molecule has 0 unspecified atom stereocenters. The number of anilines is 1. The molecule has 5 nitrogen and oxygen atoms in total. The van der Waals surface area contributed by atoms with Crippen molar-refractivity contribution in [3.63, 3.8) is 0 Å². The van der Waals surface area contributed by atoms with Gasteiger partial charge in [-0.2, -0.15) is 0 Å². The van der Waals surface area contributed by atoms with E-state index < -0.39 is 11.6 Å². The van der Waals surface area contributed by atoms with Crippen molar-refractivity contribution in [2.75, 3.05) is 12.8 Å². The summed E-state index contributed by atoms with van der Waals surface area (Å²) in [5.41, 5.74) is 9.95. The second kappa shape index (κ2) is 8.04. The fourth-order valence-corrected chi connectivity index (χ4v) is 4.35. The zero-order chi connectivity index (χ0) is 22.2. The van der Waals surface area contributed by atoms with Gasteiger partial charge in [0.25, 0.3) is 0 Å². The van der Waals surface area contributed by atoms with Crippen molar-refractivity contribution in [3.05, 3.63) is 65.5 Å². The van der Waals surface area contributed by atoms with Gasteiger partial charge in [-0.15, -0.1) is 11.3 Å². The maximum absolute atomic E-state index is 12.8. The number of hydrogen-bond donors (Lipinski definition) is 1. The molecule has 0 aliphatic carbocycles. The van der Waals surface area contributed by atoms with E-state index in [1.807, 2.05) is 81.4 Å². The van der Waals surface area contributed by atoms with E-state index in [0.29, 0.717) is 15.4 Å². The van der Waals surface area contributed by atoms with Crippen LogP contribution in [-0.4, -0.2) is 23.7 Å². The Balaban J connectivity index is 1.94. The molecule has 0 atom stereocenters. The van der Waals surface area contributed by atoms with Gasteiger partial charge in [-0.3, -0.25) is 0 Å². The number of ether oxygens (including phenoxy) is 2. The maximum atomic E-state index is 12.8. The van der Waals surface area contributed by atoms with Gasteiger partial charge in [0.1, 0.15) is 21.1 Å². The van der Waals surface area contributed by atoms with Crippen LogP contribution in [0.2, 0.25) is 0 Å². The minimum absolute atomic E-state index is 0.373. The Morgan fingerprint density at radius 3 is 2.29 bits per heavy atom. The standard InChI is InChI=1S/C25H24N2O3S/c1-25(2,3)30-24(28)22-21(26)20-18(15-10-12-17(29-4)13-11-15)14-19(27-23(20)31-22)16-8-6-5-7-9-16/h5-14H,26H2,1-4H3. The molecule has 2 aromatic carbocycles. The number of nitrogens with zero attached hydrogens (tertiary/aromatic N) is 1. The number of aromatic nitrogens is 1. The van der Waals surface area contributed by atoms with E-state index in [0.717, 1.165) is 33.5 Å². The molecule has 2 aromatic heterocycles. The highest BCUT2D eigenvalue weighted by Gasteiger charge is 2.25. The number of nitrogen functional groups attached to an aromatic ring is 1. The van der Waals surface area contributed by atoms with Gasteiger partial charge in [-0.05, 0) is 50.1 Å². The van der Waals surface area contributed by atoms with E-state index in [-0.39, 0.29) is 0 Å². The Kier molecular flexibility index (Phi) is 5.41. The largest absolute Gasteiger partial charge is 0.497 e. The van der Waals surface area contributed by atoms with Gasteiger partial charge >= 0.3 is 5.97 Å². The quantitative estimate of drug-likeness (QED) is 0.390. The van der Waals surface area contributed by atoms with Crippen LogP contribution in [0.4, 0.5) is 5.69 Å². The second-order valence-corrected chi connectivity index (χ2v) is 9.18. The first-order chi connectivity index (χ1) is 14.8. The summed E-state index contributed by atoms with van der Waals surface area (Å²) < 4.78 is 10.9. The molecule has 31 heavy (non-hydrogen) atoms. The summed E-state index contributed by atoms with van der Waals surface area (Å²) in [5.74, 6) is 0.333. The second-order valence-electron chi connectivity index (χ2n) is 8.18. The van der Waals surface area contributed by atoms with Crippen molar-refractivity contribution in [1.29, 1.82) is 0 Å². The SMILES string of the molecule is COc1ccc(-c2cc(-c3ccccc3)nc3sc(C(=O)OC(C)(C)C)c(N)c23)cc1. The summed E-state index contributed by atoms with van der Waals surface area (Å²) >= 11 is 1.26. The predicted octanol–water partition coefficient (Wildman–Crippen LogP) is 6.18. The van der Waals surface area contributed by atoms with E-state index in [1.165, 1.54) is 11.3 Å². The Morgan fingerprint density at radius 2 is 1.68 bits per heavy atom. The summed E-state index contributed by atoms with van der Waals surface area (Å²) in [6, 6.07) is 19.7. The van der Waals surface area contributed by atoms with Crippen molar-refractivity contribution in [2.24, 2.45) is 0 Å². The fourth-order valence-electron chi connectivity index (χ4n) is 3.35. The zero-order valence-electron chi connectivity index (χ0n) is 17.9. The van der Waals surface area contributed by atoms with Crippen LogP contribution in [0.3, 0.4) is 0 Å². The van der Waals surface area contributed by atoms with E-state index in [9.17, 15) is 4.79 Å². The minimum atomic E-state index is -0.610. The number of benzene rings is 2. The van der Waals surface area contributed by atoms with Gasteiger partial charge in [0.05, 0.1) is 18.5 Å². The van der Waals surface area contributed by atoms with Crippen molar-refractivity contribution < 1.29 is 14.3 Å². The summed E-state index contributed by atoms with van der Waals surface area (Å²) in [6.07, 6.45) is 0. The van der Waals surface area contributed by atoms with Crippen molar-refractivity contribution in [2.45, 2.75) is 26.4 Å². The topological polar surface area (TPSA) is 74.4 Å². The lowest BCUT2D eigenvalue weighted by Gasteiger charge is -2.19. The summed E-state index contributed by atoms with van der Waals surface area (Å²) in [7, 11) is 1.64. The van der Waals surface area contributed by atoms with Crippen molar-refractivity contribution in [1.82, 2.24) is 4.98 Å². The highest BCUT2D eigenvalue weighted by molar-refractivity contribution is 7.21. The van der Waals surface area contributed by atoms with Crippen molar-refractivity contribution in [3.8, 4) is 28.1 Å². The lowest BCUT2D eigenvalue weighted by atomic mass is 9.99. The van der Waals surface area contributed by atoms with Gasteiger partial charge < -0.3 is 15.2 Å². The van der Waals surface area contributed by atoms with Crippen LogP contribution in [0.1, 0.15) is 30.4 Å². The minimum Gasteiger partial charge on any atom is -0.497 e. The average Bonchev–Trinajstić information content (AvgIpc) is 3.09. The number of methoxy groups -OCH3 is 1. The Hall–Kier alpha value is -3.38. The third kappa shape index (κ3) is 4.25. The fraction of sp³-hybridized carbons (Fsp3) is 0.200. The first kappa shape index (κ1) is 20.9. The molecule has 158 valence electrons. The van der Waals surface area contributed by atoms with Gasteiger partial charge in [-0.25, -0.2) is 9.78 Å². The third-order valence-electron chi connectivity index (χ3n) is 4.75. The molecular formula is C25H24N2O3S. The molecular weight excluding hydrogens is 408 g/mol. The molecule has 0 saturated heterocycles. The molecule has 6 heteroatoms. The molecule has 4 aromatic rings. The van der Waals surface area contributed by atoms with Crippen LogP contribution in [0.15, 0.2) is 60.7 Å². The van der Waals surface area contributed by atoms with Gasteiger partial charge in [-0.1, -0.05) is 42.5 Å². The van der Waals surface area contributed by atoms with E-state index in [4.69, 9.17) is 20.2 Å². The van der Waals surface area contributed by atoms with Crippen LogP contribution >= 0.6 is 11.3 Å². The average molecular weight is 433 g/mol. The third-order valence-corrected chi connectivity index (χ3v) is 5.83. The first-order valence-electron chi connectivity index (χ1n) is 9.93. The maximum Gasteiger partial charge on any atom is 0.351 e. The number of nitrogens with two attached hydrogens (primary N) is 1. The molecule has 0 aliphatic heterocycles. The van der Waals surface area contributed by atoms with E-state index >= 15 is 0 Å². The number of esters is 1. The van der Waals surface area contributed by atoms with E-state index in [1.54, 1.807) is 7.11 Å². The molecule has 0 fully saturated rings. The van der Waals surface area contributed by atoms with E-state index in [2.05, 4.69) is 0 Å². The Bertz CT molecular complexity index is 1240. The number of pyridine rings is 1. The van der Waals surface area contributed by atoms with Gasteiger partial charge in [0, 0.05) is 10.9 Å². The Labute approximate surface area is 185 Å². The van der Waals surface area contributed by atoms with Crippen molar-refractivity contribution >= 4 is 33.2 Å². The lowest BCUT2D eigenvalue weighted by molar-refractivity contribution is 0.00764. The molecule has 0 amide bonds. The van der Waals surface area contributed by atoms with Crippen LogP contribution in [0, 0.1) is 0 Å². The number of rotatable bonds is 4. The van der Waals surface area contributed by atoms with Gasteiger partial charge in [0.2, 0.25) is 0 Å². The van der Waals surface area contributed by atoms with Gasteiger partial charge in [0.15, 0.2) is 0 Å². The van der Waals surface area contributed by atoms with Crippen LogP contribution < -0.4 is 10.5 Å². The Morgan fingerprint density at radius 1 is 1.00 bits per heavy atom. The monoisotopic (exact) mass is 432 g/mol. The molecule has 0 radical (unpaired) electrons. The molecule has 4 rings (SSSR count). The lowest BCUT2D eigenvalue weighted by Crippen LogP contribution is -2.23. The zero-order valence-corrected chi connectivity index (χ0v) is 18.7. The highest BCUT2D eigenvalue weighted by atomic mass is 32.1. The van der Waals surface area contributed by atoms with Crippen LogP contribution in [0.25, 0.3) is 32.6 Å². The molecule has 0 saturated carbocycles. The smallest absolute Gasteiger partial charge is 0.351 e. The summed E-state index contributed by atoms with van der Waals surface area (Å²) in [6.45, 7) is 5.51. The normalized spacial score (nSPS) is 11.5. The summed E-state index contributed by atoms with van der Waals surface area (Å²) in [4.78, 5) is 18.7. The van der Waals surface area contributed by atoms with Crippen LogP contribution in [0.5, 0.6) is 5.75 Å². The highest BCUT2D eigenvalue weighted by Crippen LogP contribution is 2.42. The number of thiophene rings is 1. The number of carbonyl (C=O) groups is 1. The molecule has 2 N–H and O–H groups in total. The number of fused-ring (bicyclic) bond motifs is 1. The predicted molar refractivity (Wildman–Crippen MR) is 127 cm³/mol. The number of carbonyl (C=O) groups excluding carboxylic acids is 1. The molecule has 0 bridgehead atoms.